The summed E-state index contributed by atoms with van der Waals surface area (Å²) in [5.74, 6) is -0.925. The molecule has 2 aliphatic rings. The quantitative estimate of drug-likeness (QED) is 0.368. The molecule has 0 radical (unpaired) electrons. The van der Waals surface area contributed by atoms with Crippen molar-refractivity contribution in [3.63, 3.8) is 0 Å². The Morgan fingerprint density at radius 2 is 2.02 bits per heavy atom. The van der Waals surface area contributed by atoms with Crippen molar-refractivity contribution in [2.75, 3.05) is 26.2 Å². The molecule has 2 aromatic rings. The van der Waals surface area contributed by atoms with Crippen LogP contribution in [0.1, 0.15) is 43.4 Å². The van der Waals surface area contributed by atoms with E-state index >= 15 is 0 Å². The molecule has 41 heavy (non-hydrogen) atoms. The van der Waals surface area contributed by atoms with Crippen LogP contribution in [-0.4, -0.2) is 71.0 Å². The molecule has 2 aliphatic heterocycles. The third kappa shape index (κ3) is 8.04. The Kier molecular flexibility index (Phi) is 10.7. The molecule has 1 saturated heterocycles. The summed E-state index contributed by atoms with van der Waals surface area (Å²) >= 11 is 6.11. The number of nitrogens with one attached hydrogen (secondary N) is 3. The molecule has 0 spiro atoms. The molecule has 4 amide bonds. The average molecular weight is 587 g/mol. The number of hydrogen-bond donors (Lipinski definition) is 3. The number of hydroxylamine groups is 1. The van der Waals surface area contributed by atoms with Gasteiger partial charge in [0, 0.05) is 51.8 Å². The number of piperazine rings is 1. The maximum Gasteiger partial charge on any atom is 0.345 e. The van der Waals surface area contributed by atoms with Crippen LogP contribution in [0, 0.1) is 5.82 Å². The summed E-state index contributed by atoms with van der Waals surface area (Å²) in [6.45, 7) is 5.78. The third-order valence-corrected chi connectivity index (χ3v) is 7.64. The van der Waals surface area contributed by atoms with E-state index in [4.69, 9.17) is 16.4 Å². The molecular formula is C29H36ClFN6O4. The van der Waals surface area contributed by atoms with E-state index in [0.29, 0.717) is 18.7 Å². The van der Waals surface area contributed by atoms with Crippen LogP contribution in [0.2, 0.25) is 5.02 Å². The molecule has 3 N–H and O–H groups in total. The zero-order valence-corrected chi connectivity index (χ0v) is 24.0. The van der Waals surface area contributed by atoms with Gasteiger partial charge in [0.2, 0.25) is 11.8 Å². The van der Waals surface area contributed by atoms with Crippen molar-refractivity contribution >= 4 is 35.5 Å². The number of urea groups is 1. The zero-order valence-electron chi connectivity index (χ0n) is 23.2. The number of hydrogen-bond acceptors (Lipinski definition) is 6. The minimum Gasteiger partial charge on any atom is -0.337 e. The Hall–Kier alpha value is -3.51. The van der Waals surface area contributed by atoms with Gasteiger partial charge in [-0.3, -0.25) is 24.3 Å². The van der Waals surface area contributed by atoms with Crippen molar-refractivity contribution in [2.24, 2.45) is 0 Å². The number of nitrogens with zero attached hydrogens (tertiary/aromatic N) is 3. The number of hydrazine groups is 1. The summed E-state index contributed by atoms with van der Waals surface area (Å²) < 4.78 is 14.0. The lowest BCUT2D eigenvalue weighted by Crippen LogP contribution is -2.53. The van der Waals surface area contributed by atoms with E-state index in [1.165, 1.54) is 29.0 Å². The van der Waals surface area contributed by atoms with Gasteiger partial charge in [0.15, 0.2) is 0 Å². The second kappa shape index (κ2) is 14.4. The summed E-state index contributed by atoms with van der Waals surface area (Å²) in [5.41, 5.74) is 7.98. The molecule has 1 fully saturated rings. The predicted octanol–water partition coefficient (Wildman–Crippen LogP) is 3.43. The van der Waals surface area contributed by atoms with E-state index in [1.807, 2.05) is 42.2 Å². The SMILES string of the molecule is CC(=O)N(NCc1cccc(F)c1Cl)[C@@H](CCC(=O)N1CCNC[C@H]1C)CONC(=O)N1C=Cc2ccccc2C1. The maximum absolute atomic E-state index is 14.0. The molecule has 2 atom stereocenters. The van der Waals surface area contributed by atoms with E-state index < -0.39 is 17.9 Å². The van der Waals surface area contributed by atoms with Gasteiger partial charge in [-0.05, 0) is 42.2 Å². The Morgan fingerprint density at radius 3 is 2.80 bits per heavy atom. The summed E-state index contributed by atoms with van der Waals surface area (Å²) in [6, 6.07) is 11.2. The van der Waals surface area contributed by atoms with Crippen LogP contribution in [-0.2, 0) is 27.5 Å². The zero-order chi connectivity index (χ0) is 29.4. The number of fused-ring (bicyclic) bond motifs is 1. The standard InChI is InChI=1S/C29H36ClFN6O4/c1-20-16-32-13-15-36(20)27(39)11-10-25(37(21(2)38)33-17-23-8-5-9-26(31)28(23)30)19-41-34-29(40)35-14-12-22-6-3-4-7-24(22)18-35/h3-9,12,14,20,25,32-33H,10-11,13,15-19H2,1-2H3,(H,34,40)/t20-,25+/m1/s1. The molecule has 2 heterocycles. The van der Waals surface area contributed by atoms with Crippen molar-refractivity contribution < 1.29 is 23.6 Å². The Morgan fingerprint density at radius 1 is 1.22 bits per heavy atom. The van der Waals surface area contributed by atoms with Crippen molar-refractivity contribution in [1.29, 1.82) is 0 Å². The molecule has 10 nitrogen and oxygen atoms in total. The highest BCUT2D eigenvalue weighted by molar-refractivity contribution is 6.31. The predicted molar refractivity (Wildman–Crippen MR) is 153 cm³/mol. The average Bonchev–Trinajstić information content (AvgIpc) is 2.97. The first-order chi connectivity index (χ1) is 19.7. The molecule has 0 aromatic heterocycles. The number of benzene rings is 2. The molecule has 0 unspecified atom stereocenters. The largest absolute Gasteiger partial charge is 0.345 e. The highest BCUT2D eigenvalue weighted by atomic mass is 35.5. The lowest BCUT2D eigenvalue weighted by molar-refractivity contribution is -0.140. The lowest BCUT2D eigenvalue weighted by Gasteiger charge is -2.35. The Bertz CT molecular complexity index is 1280. The van der Waals surface area contributed by atoms with Gasteiger partial charge in [-0.15, -0.1) is 0 Å². The fourth-order valence-electron chi connectivity index (χ4n) is 4.93. The number of rotatable bonds is 10. The minimum atomic E-state index is -0.625. The van der Waals surface area contributed by atoms with Gasteiger partial charge in [-0.2, -0.15) is 0 Å². The Balaban J connectivity index is 1.40. The van der Waals surface area contributed by atoms with Crippen molar-refractivity contribution in [1.82, 2.24) is 31.0 Å². The van der Waals surface area contributed by atoms with Crippen molar-refractivity contribution in [3.05, 3.63) is 76.2 Å². The molecule has 4 rings (SSSR count). The fourth-order valence-corrected chi connectivity index (χ4v) is 5.12. The van der Waals surface area contributed by atoms with Gasteiger partial charge in [-0.1, -0.05) is 48.0 Å². The molecule has 2 aromatic carbocycles. The number of carbonyl (C=O) groups excluding carboxylic acids is 3. The van der Waals surface area contributed by atoms with Gasteiger partial charge in [0.05, 0.1) is 24.2 Å². The van der Waals surface area contributed by atoms with Crippen LogP contribution in [0.25, 0.3) is 6.08 Å². The van der Waals surface area contributed by atoms with Crippen LogP contribution in [0.15, 0.2) is 48.7 Å². The topological polar surface area (TPSA) is 106 Å². The van der Waals surface area contributed by atoms with Gasteiger partial charge in [0.1, 0.15) is 5.82 Å². The second-order valence-corrected chi connectivity index (χ2v) is 10.5. The van der Waals surface area contributed by atoms with E-state index in [0.717, 1.165) is 24.2 Å². The monoisotopic (exact) mass is 586 g/mol. The lowest BCUT2D eigenvalue weighted by atomic mass is 10.0. The summed E-state index contributed by atoms with van der Waals surface area (Å²) in [4.78, 5) is 47.5. The smallest absolute Gasteiger partial charge is 0.337 e. The van der Waals surface area contributed by atoms with E-state index in [2.05, 4.69) is 16.2 Å². The first-order valence-electron chi connectivity index (χ1n) is 13.7. The maximum atomic E-state index is 14.0. The number of amides is 4. The fraction of sp³-hybridized carbons (Fsp3) is 0.414. The highest BCUT2D eigenvalue weighted by Crippen LogP contribution is 2.21. The second-order valence-electron chi connectivity index (χ2n) is 10.1. The van der Waals surface area contributed by atoms with Crippen LogP contribution >= 0.6 is 11.6 Å². The molecule has 0 saturated carbocycles. The van der Waals surface area contributed by atoms with Gasteiger partial charge >= 0.3 is 6.03 Å². The number of halogens is 2. The highest BCUT2D eigenvalue weighted by Gasteiger charge is 2.27. The van der Waals surface area contributed by atoms with Gasteiger partial charge in [0.25, 0.3) is 0 Å². The number of carbonyl (C=O) groups is 3. The normalized spacial score (nSPS) is 17.1. The third-order valence-electron chi connectivity index (χ3n) is 7.21. The minimum absolute atomic E-state index is 0.0261. The van der Waals surface area contributed by atoms with E-state index in [9.17, 15) is 18.8 Å². The van der Waals surface area contributed by atoms with Crippen LogP contribution in [0.4, 0.5) is 9.18 Å². The molecule has 0 bridgehead atoms. The van der Waals surface area contributed by atoms with Crippen molar-refractivity contribution in [2.45, 2.75) is 51.9 Å². The van der Waals surface area contributed by atoms with Gasteiger partial charge in [-0.25, -0.2) is 20.1 Å². The van der Waals surface area contributed by atoms with Crippen LogP contribution in [0.5, 0.6) is 0 Å². The van der Waals surface area contributed by atoms with E-state index in [-0.39, 0.29) is 48.9 Å². The summed E-state index contributed by atoms with van der Waals surface area (Å²) in [6.07, 6.45) is 3.97. The first-order valence-corrected chi connectivity index (χ1v) is 14.0. The Labute approximate surface area is 244 Å². The van der Waals surface area contributed by atoms with E-state index in [1.54, 1.807) is 12.3 Å². The van der Waals surface area contributed by atoms with Gasteiger partial charge < -0.3 is 10.2 Å². The van der Waals surface area contributed by atoms with Crippen LogP contribution < -0.4 is 16.2 Å². The molecule has 220 valence electrons. The molecule has 0 aliphatic carbocycles. The summed E-state index contributed by atoms with van der Waals surface area (Å²) in [7, 11) is 0. The summed E-state index contributed by atoms with van der Waals surface area (Å²) in [5, 5.41) is 4.57. The molecular weight excluding hydrogens is 551 g/mol. The van der Waals surface area contributed by atoms with Crippen LogP contribution in [0.3, 0.4) is 0 Å². The first kappa shape index (κ1) is 30.4. The van der Waals surface area contributed by atoms with Crippen molar-refractivity contribution in [3.8, 4) is 0 Å². The molecule has 12 heteroatoms.